The molecule has 0 aliphatic rings. The minimum Gasteiger partial charge on any atom is -0.506 e. The minimum absolute atomic E-state index is 0.0899. The number of benzene rings is 2. The van der Waals surface area contributed by atoms with Crippen LogP contribution >= 0.6 is 11.3 Å². The van der Waals surface area contributed by atoms with E-state index in [0.29, 0.717) is 21.1 Å². The molecule has 0 amide bonds. The number of nitriles is 1. The Balaban J connectivity index is 1.97. The van der Waals surface area contributed by atoms with E-state index in [1.54, 1.807) is 34.9 Å². The standard InChI is InChI=1S/C20H13N3O2S/c21-12-17-19(22-15-8-4-5-9-16(15)24)14-10-11-18(25)23(20(14)26-17)13-6-2-1-3-7-13/h1-11,22,24H. The van der Waals surface area contributed by atoms with Crippen molar-refractivity contribution in [1.82, 2.24) is 4.57 Å². The summed E-state index contributed by atoms with van der Waals surface area (Å²) in [6.07, 6.45) is 0. The van der Waals surface area contributed by atoms with Crippen LogP contribution in [-0.2, 0) is 0 Å². The van der Waals surface area contributed by atoms with Crippen LogP contribution in [0.2, 0.25) is 0 Å². The molecule has 5 nitrogen and oxygen atoms in total. The van der Waals surface area contributed by atoms with E-state index >= 15 is 0 Å². The van der Waals surface area contributed by atoms with Gasteiger partial charge in [0.15, 0.2) is 0 Å². The van der Waals surface area contributed by atoms with Crippen molar-refractivity contribution < 1.29 is 5.11 Å². The van der Waals surface area contributed by atoms with Crippen molar-refractivity contribution in [2.75, 3.05) is 5.32 Å². The van der Waals surface area contributed by atoms with Crippen LogP contribution in [0, 0.1) is 11.3 Å². The number of phenols is 1. The first-order chi connectivity index (χ1) is 12.7. The van der Waals surface area contributed by atoms with Gasteiger partial charge in [0.2, 0.25) is 0 Å². The smallest absolute Gasteiger partial charge is 0.256 e. The quantitative estimate of drug-likeness (QED) is 0.532. The number of nitrogens with zero attached hydrogens (tertiary/aromatic N) is 2. The predicted molar refractivity (Wildman–Crippen MR) is 104 cm³/mol. The Labute approximate surface area is 153 Å². The number of hydrogen-bond donors (Lipinski definition) is 2. The van der Waals surface area contributed by atoms with E-state index in [0.717, 1.165) is 11.1 Å². The molecule has 0 saturated carbocycles. The lowest BCUT2D eigenvalue weighted by atomic mass is 10.2. The second-order valence-corrected chi connectivity index (χ2v) is 6.62. The molecule has 126 valence electrons. The first-order valence-corrected chi connectivity index (χ1v) is 8.70. The number of para-hydroxylation sites is 3. The van der Waals surface area contributed by atoms with E-state index < -0.39 is 0 Å². The molecule has 2 aromatic heterocycles. The zero-order valence-corrected chi connectivity index (χ0v) is 14.3. The maximum Gasteiger partial charge on any atom is 0.256 e. The number of aromatic hydroxyl groups is 1. The van der Waals surface area contributed by atoms with E-state index in [1.165, 1.54) is 17.4 Å². The number of nitrogens with one attached hydrogen (secondary N) is 1. The van der Waals surface area contributed by atoms with Crippen molar-refractivity contribution in [1.29, 1.82) is 5.26 Å². The van der Waals surface area contributed by atoms with Crippen LogP contribution in [0.4, 0.5) is 11.4 Å². The van der Waals surface area contributed by atoms with Crippen molar-refractivity contribution in [2.45, 2.75) is 0 Å². The summed E-state index contributed by atoms with van der Waals surface area (Å²) in [7, 11) is 0. The molecule has 2 N–H and O–H groups in total. The summed E-state index contributed by atoms with van der Waals surface area (Å²) in [6, 6.07) is 21.5. The number of pyridine rings is 1. The summed E-state index contributed by atoms with van der Waals surface area (Å²) in [5.74, 6) is 0.0899. The first-order valence-electron chi connectivity index (χ1n) is 7.88. The van der Waals surface area contributed by atoms with E-state index in [-0.39, 0.29) is 11.3 Å². The summed E-state index contributed by atoms with van der Waals surface area (Å²) in [5, 5.41) is 23.5. The molecule has 6 heteroatoms. The van der Waals surface area contributed by atoms with Crippen LogP contribution in [0.5, 0.6) is 5.75 Å². The average molecular weight is 359 g/mol. The second-order valence-electron chi connectivity index (χ2n) is 5.62. The van der Waals surface area contributed by atoms with Gasteiger partial charge in [-0.3, -0.25) is 9.36 Å². The van der Waals surface area contributed by atoms with E-state index in [4.69, 9.17) is 0 Å². The monoisotopic (exact) mass is 359 g/mol. The molecule has 0 radical (unpaired) electrons. The van der Waals surface area contributed by atoms with Gasteiger partial charge in [0.25, 0.3) is 5.56 Å². The highest BCUT2D eigenvalue weighted by atomic mass is 32.1. The molecule has 2 heterocycles. The zero-order chi connectivity index (χ0) is 18.1. The molecule has 4 rings (SSSR count). The third-order valence-electron chi connectivity index (χ3n) is 4.02. The summed E-state index contributed by atoms with van der Waals surface area (Å²) in [6.45, 7) is 0. The molecular weight excluding hydrogens is 346 g/mol. The van der Waals surface area contributed by atoms with Crippen molar-refractivity contribution in [3.8, 4) is 17.5 Å². The largest absolute Gasteiger partial charge is 0.506 e. The van der Waals surface area contributed by atoms with Gasteiger partial charge in [-0.15, -0.1) is 11.3 Å². The molecule has 0 unspecified atom stereocenters. The maximum atomic E-state index is 12.5. The molecule has 0 bridgehead atoms. The minimum atomic E-state index is -0.163. The Hall–Kier alpha value is -3.56. The summed E-state index contributed by atoms with van der Waals surface area (Å²) in [5.41, 5.74) is 1.66. The number of thiophene rings is 1. The van der Waals surface area contributed by atoms with Gasteiger partial charge in [-0.25, -0.2) is 0 Å². The van der Waals surface area contributed by atoms with Crippen LogP contribution in [0.25, 0.3) is 15.9 Å². The van der Waals surface area contributed by atoms with Gasteiger partial charge in [-0.2, -0.15) is 5.26 Å². The van der Waals surface area contributed by atoms with Crippen LogP contribution in [0.1, 0.15) is 4.88 Å². The second kappa shape index (κ2) is 6.39. The number of anilines is 2. The molecule has 0 fully saturated rings. The van der Waals surface area contributed by atoms with E-state index in [2.05, 4.69) is 11.4 Å². The maximum absolute atomic E-state index is 12.5. The molecule has 0 aliphatic carbocycles. The Kier molecular flexibility index (Phi) is 3.92. The summed E-state index contributed by atoms with van der Waals surface area (Å²) >= 11 is 1.24. The van der Waals surface area contributed by atoms with E-state index in [1.807, 2.05) is 30.3 Å². The number of rotatable bonds is 3. The van der Waals surface area contributed by atoms with Crippen molar-refractivity contribution >= 4 is 32.9 Å². The third-order valence-corrected chi connectivity index (χ3v) is 5.12. The molecule has 0 spiro atoms. The van der Waals surface area contributed by atoms with Crippen molar-refractivity contribution in [3.05, 3.63) is 82.0 Å². The Morgan fingerprint density at radius 1 is 1.00 bits per heavy atom. The molecule has 2 aromatic carbocycles. The lowest BCUT2D eigenvalue weighted by molar-refractivity contribution is 0.478. The SMILES string of the molecule is N#Cc1sc2c(ccc(=O)n2-c2ccccc2)c1Nc1ccccc1O. The fourth-order valence-corrected chi connectivity index (χ4v) is 3.89. The molecule has 0 aliphatic heterocycles. The van der Waals surface area contributed by atoms with Crippen molar-refractivity contribution in [2.24, 2.45) is 0 Å². The Bertz CT molecular complexity index is 1200. The molecule has 0 saturated heterocycles. The predicted octanol–water partition coefficient (Wildman–Crippen LogP) is 4.37. The fourth-order valence-electron chi connectivity index (χ4n) is 2.82. The number of phenolic OH excluding ortho intramolecular Hbond substituents is 1. The normalized spacial score (nSPS) is 10.6. The highest BCUT2D eigenvalue weighted by Gasteiger charge is 2.17. The Morgan fingerprint density at radius 2 is 1.73 bits per heavy atom. The van der Waals surface area contributed by atoms with Gasteiger partial charge in [0.05, 0.1) is 17.1 Å². The Morgan fingerprint density at radius 3 is 2.46 bits per heavy atom. The topological polar surface area (TPSA) is 78.0 Å². The van der Waals surface area contributed by atoms with Crippen LogP contribution in [-0.4, -0.2) is 9.67 Å². The fraction of sp³-hybridized carbons (Fsp3) is 0. The number of hydrogen-bond acceptors (Lipinski definition) is 5. The van der Waals surface area contributed by atoms with Gasteiger partial charge in [-0.05, 0) is 30.3 Å². The van der Waals surface area contributed by atoms with Gasteiger partial charge >= 0.3 is 0 Å². The van der Waals surface area contributed by atoms with Gasteiger partial charge in [0, 0.05) is 11.5 Å². The highest BCUT2D eigenvalue weighted by molar-refractivity contribution is 7.20. The highest BCUT2D eigenvalue weighted by Crippen LogP contribution is 2.38. The number of fused-ring (bicyclic) bond motifs is 1. The van der Waals surface area contributed by atoms with Crippen molar-refractivity contribution in [3.63, 3.8) is 0 Å². The lowest BCUT2D eigenvalue weighted by Crippen LogP contribution is -2.16. The molecule has 26 heavy (non-hydrogen) atoms. The van der Waals surface area contributed by atoms with Gasteiger partial charge in [-0.1, -0.05) is 30.3 Å². The van der Waals surface area contributed by atoms with Crippen LogP contribution in [0.15, 0.2) is 71.5 Å². The lowest BCUT2D eigenvalue weighted by Gasteiger charge is -2.09. The van der Waals surface area contributed by atoms with E-state index in [9.17, 15) is 15.2 Å². The number of aromatic nitrogens is 1. The summed E-state index contributed by atoms with van der Waals surface area (Å²) in [4.78, 5) is 13.6. The molecular formula is C20H13N3O2S. The first kappa shape index (κ1) is 15.9. The average Bonchev–Trinajstić information content (AvgIpc) is 3.01. The molecule has 4 aromatic rings. The van der Waals surface area contributed by atoms with Gasteiger partial charge in [0.1, 0.15) is 21.5 Å². The third kappa shape index (κ3) is 2.61. The zero-order valence-electron chi connectivity index (χ0n) is 13.5. The van der Waals surface area contributed by atoms with Crippen LogP contribution < -0.4 is 10.9 Å². The summed E-state index contributed by atoms with van der Waals surface area (Å²) < 4.78 is 1.59. The van der Waals surface area contributed by atoms with Gasteiger partial charge < -0.3 is 10.4 Å². The molecule has 0 atom stereocenters. The van der Waals surface area contributed by atoms with Crippen LogP contribution in [0.3, 0.4) is 0 Å².